The lowest BCUT2D eigenvalue weighted by molar-refractivity contribution is -0.0497. The summed E-state index contributed by atoms with van der Waals surface area (Å²) in [7, 11) is -3.87. The fourth-order valence-electron chi connectivity index (χ4n) is 1.60. The molecule has 0 aliphatic rings. The molecule has 2 rings (SSSR count). The van der Waals surface area contributed by atoms with Gasteiger partial charge in [0.05, 0.1) is 15.6 Å². The van der Waals surface area contributed by atoms with Crippen molar-refractivity contribution in [1.29, 1.82) is 0 Å². The average molecular weight is 368 g/mol. The largest absolute Gasteiger partial charge is 0.433 e. The predicted molar refractivity (Wildman–Crippen MR) is 80.3 cm³/mol. The number of nitrogens with one attached hydrogen (secondary N) is 1. The van der Waals surface area contributed by atoms with E-state index in [-0.39, 0.29) is 26.4 Å². The van der Waals surface area contributed by atoms with Gasteiger partial charge in [-0.1, -0.05) is 29.3 Å². The number of sulfonamides is 1. The molecular weight excluding hydrogens is 359 g/mol. The summed E-state index contributed by atoms with van der Waals surface area (Å²) in [6.07, 6.45) is 0. The molecule has 0 spiro atoms. The summed E-state index contributed by atoms with van der Waals surface area (Å²) in [6.45, 7) is -3.02. The van der Waals surface area contributed by atoms with Gasteiger partial charge in [0, 0.05) is 5.02 Å². The van der Waals surface area contributed by atoms with E-state index in [0.29, 0.717) is 0 Å². The summed E-state index contributed by atoms with van der Waals surface area (Å²) >= 11 is 11.5. The van der Waals surface area contributed by atoms with Crippen LogP contribution in [0.3, 0.4) is 0 Å². The molecule has 0 unspecified atom stereocenters. The van der Waals surface area contributed by atoms with Crippen molar-refractivity contribution in [1.82, 2.24) is 0 Å². The molecule has 118 valence electrons. The molecule has 0 fully saturated rings. The summed E-state index contributed by atoms with van der Waals surface area (Å²) in [5.74, 6) is -0.248. The third kappa shape index (κ3) is 4.22. The average Bonchev–Trinajstić information content (AvgIpc) is 2.41. The maximum atomic E-state index is 12.2. The van der Waals surface area contributed by atoms with Gasteiger partial charge in [0.25, 0.3) is 10.0 Å². The summed E-state index contributed by atoms with van der Waals surface area (Å²) in [5, 5.41) is 0.119. The summed E-state index contributed by atoms with van der Waals surface area (Å²) in [6, 6.07) is 9.23. The Kier molecular flexibility index (Phi) is 5.10. The van der Waals surface area contributed by atoms with Crippen molar-refractivity contribution < 1.29 is 21.9 Å². The molecule has 0 amide bonds. The molecule has 0 saturated carbocycles. The Morgan fingerprint density at radius 3 is 2.41 bits per heavy atom. The van der Waals surface area contributed by atoms with E-state index in [4.69, 9.17) is 23.2 Å². The van der Waals surface area contributed by atoms with Crippen molar-refractivity contribution in [3.05, 3.63) is 52.5 Å². The van der Waals surface area contributed by atoms with Crippen molar-refractivity contribution in [2.24, 2.45) is 0 Å². The van der Waals surface area contributed by atoms with E-state index in [1.54, 1.807) is 0 Å². The first-order valence-corrected chi connectivity index (χ1v) is 8.04. The molecule has 1 N–H and O–H groups in total. The van der Waals surface area contributed by atoms with E-state index in [9.17, 15) is 17.2 Å². The Morgan fingerprint density at radius 2 is 1.82 bits per heavy atom. The summed E-state index contributed by atoms with van der Waals surface area (Å²) in [5.41, 5.74) is 0.103. The van der Waals surface area contributed by atoms with Crippen molar-refractivity contribution in [2.75, 3.05) is 4.72 Å². The summed E-state index contributed by atoms with van der Waals surface area (Å²) in [4.78, 5) is -0.0379. The SMILES string of the molecule is O=S(=O)(Nc1ccc(OC(F)F)c(Cl)c1)c1cccc(Cl)c1. The number of rotatable bonds is 5. The first-order valence-electron chi connectivity index (χ1n) is 5.81. The van der Waals surface area contributed by atoms with Gasteiger partial charge in [-0.15, -0.1) is 0 Å². The molecule has 0 atom stereocenters. The Hall–Kier alpha value is -1.57. The van der Waals surface area contributed by atoms with Gasteiger partial charge in [0.15, 0.2) is 0 Å². The monoisotopic (exact) mass is 367 g/mol. The van der Waals surface area contributed by atoms with Crippen LogP contribution in [0.25, 0.3) is 0 Å². The maximum Gasteiger partial charge on any atom is 0.387 e. The molecular formula is C13H9Cl2F2NO3S. The fraction of sp³-hybridized carbons (Fsp3) is 0.0769. The highest BCUT2D eigenvalue weighted by Crippen LogP contribution is 2.30. The number of alkyl halides is 2. The van der Waals surface area contributed by atoms with E-state index >= 15 is 0 Å². The van der Waals surface area contributed by atoms with Gasteiger partial charge in [-0.2, -0.15) is 8.78 Å². The molecule has 0 heterocycles. The van der Waals surface area contributed by atoms with Gasteiger partial charge in [0.2, 0.25) is 0 Å². The van der Waals surface area contributed by atoms with E-state index in [0.717, 1.165) is 6.07 Å². The number of ether oxygens (including phenoxy) is 1. The van der Waals surface area contributed by atoms with Crippen molar-refractivity contribution in [3.63, 3.8) is 0 Å². The quantitative estimate of drug-likeness (QED) is 0.852. The van der Waals surface area contributed by atoms with Crippen molar-refractivity contribution in [2.45, 2.75) is 11.5 Å². The van der Waals surface area contributed by atoms with Gasteiger partial charge in [0.1, 0.15) is 5.75 Å². The number of hydrogen-bond acceptors (Lipinski definition) is 3. The van der Waals surface area contributed by atoms with Crippen LogP contribution in [-0.2, 0) is 10.0 Å². The molecule has 0 aromatic heterocycles. The van der Waals surface area contributed by atoms with Crippen LogP contribution in [0.15, 0.2) is 47.4 Å². The number of hydrogen-bond donors (Lipinski definition) is 1. The zero-order valence-corrected chi connectivity index (χ0v) is 13.1. The second-order valence-corrected chi connectivity index (χ2v) is 6.61. The maximum absolute atomic E-state index is 12.2. The number of anilines is 1. The van der Waals surface area contributed by atoms with Crippen LogP contribution in [0, 0.1) is 0 Å². The van der Waals surface area contributed by atoms with Crippen LogP contribution in [0.4, 0.5) is 14.5 Å². The molecule has 0 bridgehead atoms. The zero-order valence-electron chi connectivity index (χ0n) is 10.8. The van der Waals surface area contributed by atoms with E-state index in [1.165, 1.54) is 36.4 Å². The lowest BCUT2D eigenvalue weighted by Crippen LogP contribution is -2.13. The Bertz CT molecular complexity index is 785. The smallest absolute Gasteiger partial charge is 0.387 e. The van der Waals surface area contributed by atoms with Gasteiger partial charge in [-0.3, -0.25) is 4.72 Å². The minimum absolute atomic E-state index is 0.0379. The molecule has 0 aliphatic carbocycles. The minimum atomic E-state index is -3.87. The predicted octanol–water partition coefficient (Wildman–Crippen LogP) is 4.40. The van der Waals surface area contributed by atoms with Crippen molar-refractivity contribution in [3.8, 4) is 5.75 Å². The van der Waals surface area contributed by atoms with Gasteiger partial charge in [-0.05, 0) is 36.4 Å². The first kappa shape index (κ1) is 16.8. The third-order valence-electron chi connectivity index (χ3n) is 2.51. The molecule has 0 saturated heterocycles. The molecule has 0 aliphatic heterocycles. The van der Waals surface area contributed by atoms with E-state index in [2.05, 4.69) is 9.46 Å². The Balaban J connectivity index is 2.25. The van der Waals surface area contributed by atoms with E-state index < -0.39 is 16.6 Å². The molecule has 2 aromatic carbocycles. The molecule has 9 heteroatoms. The second-order valence-electron chi connectivity index (χ2n) is 4.09. The zero-order chi connectivity index (χ0) is 16.3. The molecule has 4 nitrogen and oxygen atoms in total. The van der Waals surface area contributed by atoms with Crippen LogP contribution in [0.1, 0.15) is 0 Å². The van der Waals surface area contributed by atoms with Gasteiger partial charge < -0.3 is 4.74 Å². The lowest BCUT2D eigenvalue weighted by atomic mass is 10.3. The number of halogens is 4. The first-order chi connectivity index (χ1) is 10.3. The van der Waals surface area contributed by atoms with Crippen LogP contribution in [0.5, 0.6) is 5.75 Å². The highest BCUT2D eigenvalue weighted by Gasteiger charge is 2.16. The summed E-state index contributed by atoms with van der Waals surface area (Å²) < 4.78 is 55.0. The van der Waals surface area contributed by atoms with Crippen LogP contribution in [0.2, 0.25) is 10.0 Å². The van der Waals surface area contributed by atoms with Crippen LogP contribution < -0.4 is 9.46 Å². The molecule has 22 heavy (non-hydrogen) atoms. The molecule has 0 radical (unpaired) electrons. The second kappa shape index (κ2) is 6.68. The van der Waals surface area contributed by atoms with Crippen LogP contribution >= 0.6 is 23.2 Å². The Morgan fingerprint density at radius 1 is 1.09 bits per heavy atom. The highest BCUT2D eigenvalue weighted by atomic mass is 35.5. The van der Waals surface area contributed by atoms with Crippen molar-refractivity contribution >= 4 is 38.9 Å². The highest BCUT2D eigenvalue weighted by molar-refractivity contribution is 7.92. The topological polar surface area (TPSA) is 55.4 Å². The lowest BCUT2D eigenvalue weighted by Gasteiger charge is -2.11. The van der Waals surface area contributed by atoms with E-state index in [1.807, 2.05) is 0 Å². The Labute approximate surface area is 135 Å². The fourth-order valence-corrected chi connectivity index (χ4v) is 3.18. The van der Waals surface area contributed by atoms with Gasteiger partial charge >= 0.3 is 6.61 Å². The third-order valence-corrected chi connectivity index (χ3v) is 4.42. The van der Waals surface area contributed by atoms with Crippen LogP contribution in [-0.4, -0.2) is 15.0 Å². The standard InChI is InChI=1S/C13H9Cl2F2NO3S/c14-8-2-1-3-10(6-8)22(19,20)18-9-4-5-12(11(15)7-9)21-13(16)17/h1-7,13,18H. The normalized spacial score (nSPS) is 11.5. The number of benzene rings is 2. The minimum Gasteiger partial charge on any atom is -0.433 e. The molecule has 2 aromatic rings. The van der Waals surface area contributed by atoms with Gasteiger partial charge in [-0.25, -0.2) is 8.42 Å².